The minimum Gasteiger partial charge on any atom is -0.452 e. The van der Waals surface area contributed by atoms with Crippen molar-refractivity contribution >= 4 is 21.9 Å². The van der Waals surface area contributed by atoms with Crippen molar-refractivity contribution in [1.82, 2.24) is 9.21 Å². The maximum atomic E-state index is 14.2. The lowest BCUT2D eigenvalue weighted by atomic mass is 9.97. The topological polar surface area (TPSA) is 93.2 Å². The van der Waals surface area contributed by atoms with Crippen LogP contribution in [0.5, 0.6) is 0 Å². The van der Waals surface area contributed by atoms with E-state index >= 15 is 0 Å². The van der Waals surface area contributed by atoms with Crippen molar-refractivity contribution in [2.24, 2.45) is 0 Å². The quantitative estimate of drug-likeness (QED) is 0.646. The van der Waals surface area contributed by atoms with E-state index in [0.717, 1.165) is 37.5 Å². The molecule has 3 rings (SSSR count). The Bertz CT molecular complexity index is 891. The number of amides is 1. The van der Waals surface area contributed by atoms with Crippen LogP contribution in [0.1, 0.15) is 43.5 Å². The Hall–Kier alpha value is -2.04. The highest BCUT2D eigenvalue weighted by atomic mass is 32.2. The Morgan fingerprint density at radius 3 is 2.43 bits per heavy atom. The van der Waals surface area contributed by atoms with Gasteiger partial charge in [-0.05, 0) is 51.3 Å². The van der Waals surface area contributed by atoms with Gasteiger partial charge in [-0.25, -0.2) is 17.6 Å². The molecule has 0 bridgehead atoms. The molecule has 1 aromatic carbocycles. The van der Waals surface area contributed by atoms with Crippen LogP contribution in [0.15, 0.2) is 23.1 Å². The van der Waals surface area contributed by atoms with Crippen molar-refractivity contribution in [3.8, 4) is 0 Å². The van der Waals surface area contributed by atoms with Gasteiger partial charge in [-0.2, -0.15) is 4.31 Å². The largest absolute Gasteiger partial charge is 0.452 e. The minimum atomic E-state index is -3.89. The van der Waals surface area contributed by atoms with Crippen molar-refractivity contribution in [2.45, 2.75) is 50.1 Å². The van der Waals surface area contributed by atoms with E-state index in [9.17, 15) is 22.4 Å². The molecule has 0 radical (unpaired) electrons. The van der Waals surface area contributed by atoms with E-state index in [1.807, 2.05) is 13.8 Å². The van der Waals surface area contributed by atoms with E-state index < -0.39 is 34.0 Å². The Balaban J connectivity index is 1.71. The average Bonchev–Trinajstić information content (AvgIpc) is 2.72. The van der Waals surface area contributed by atoms with Gasteiger partial charge in [-0.15, -0.1) is 0 Å². The Morgan fingerprint density at radius 1 is 1.17 bits per heavy atom. The normalized spacial score (nSPS) is 23.2. The summed E-state index contributed by atoms with van der Waals surface area (Å²) in [6, 6.07) is 3.07. The van der Waals surface area contributed by atoms with E-state index in [4.69, 9.17) is 9.47 Å². The number of piperidine rings is 1. The van der Waals surface area contributed by atoms with Gasteiger partial charge >= 0.3 is 5.97 Å². The monoisotopic (exact) mass is 442 g/mol. The number of likely N-dealkylation sites (tertiary alicyclic amines) is 1. The van der Waals surface area contributed by atoms with E-state index in [0.29, 0.717) is 0 Å². The SMILES string of the molecule is C[C@@H]1CCC[C@@H](C)N1C(=O)COC(=O)c1cc(S(=O)(=O)N2CCOCC2)ccc1F. The molecule has 0 N–H and O–H groups in total. The molecule has 0 unspecified atom stereocenters. The number of benzene rings is 1. The zero-order valence-electron chi connectivity index (χ0n) is 17.2. The number of hydrogen-bond acceptors (Lipinski definition) is 6. The van der Waals surface area contributed by atoms with Crippen LogP contribution in [-0.2, 0) is 24.3 Å². The van der Waals surface area contributed by atoms with Crippen LogP contribution in [0.3, 0.4) is 0 Å². The third-order valence-electron chi connectivity index (χ3n) is 5.57. The Morgan fingerprint density at radius 2 is 1.80 bits per heavy atom. The minimum absolute atomic E-state index is 0.0404. The van der Waals surface area contributed by atoms with Crippen molar-refractivity contribution in [3.05, 3.63) is 29.6 Å². The number of carbonyl (C=O) groups is 2. The molecule has 2 heterocycles. The number of esters is 1. The number of ether oxygens (including phenoxy) is 2. The second-order valence-electron chi connectivity index (χ2n) is 7.66. The Labute approximate surface area is 176 Å². The van der Waals surface area contributed by atoms with E-state index in [1.165, 1.54) is 4.31 Å². The molecule has 0 aromatic heterocycles. The summed E-state index contributed by atoms with van der Waals surface area (Å²) in [5.41, 5.74) is -0.517. The first kappa shape index (κ1) is 22.6. The van der Waals surface area contributed by atoms with Crippen LogP contribution < -0.4 is 0 Å². The smallest absolute Gasteiger partial charge is 0.341 e. The summed E-state index contributed by atoms with van der Waals surface area (Å²) >= 11 is 0. The molecular weight excluding hydrogens is 415 g/mol. The average molecular weight is 443 g/mol. The molecule has 1 amide bonds. The molecule has 1 aromatic rings. The fourth-order valence-electron chi connectivity index (χ4n) is 3.95. The van der Waals surface area contributed by atoms with Gasteiger partial charge in [0.2, 0.25) is 10.0 Å². The third kappa shape index (κ3) is 4.81. The molecule has 2 saturated heterocycles. The molecule has 2 fully saturated rings. The highest BCUT2D eigenvalue weighted by Gasteiger charge is 2.31. The zero-order valence-corrected chi connectivity index (χ0v) is 18.0. The van der Waals surface area contributed by atoms with Crippen LogP contribution in [-0.4, -0.2) is 74.5 Å². The number of hydrogen-bond donors (Lipinski definition) is 0. The van der Waals surface area contributed by atoms with Gasteiger partial charge < -0.3 is 14.4 Å². The number of sulfonamides is 1. The summed E-state index contributed by atoms with van der Waals surface area (Å²) in [4.78, 5) is 26.4. The van der Waals surface area contributed by atoms with Gasteiger partial charge in [-0.1, -0.05) is 0 Å². The zero-order chi connectivity index (χ0) is 21.9. The molecule has 2 atom stereocenters. The molecular formula is C20H27FN2O6S. The van der Waals surface area contributed by atoms with E-state index in [-0.39, 0.29) is 49.2 Å². The molecule has 0 aliphatic carbocycles. The molecule has 2 aliphatic rings. The highest BCUT2D eigenvalue weighted by Crippen LogP contribution is 2.23. The first-order valence-corrected chi connectivity index (χ1v) is 11.5. The van der Waals surface area contributed by atoms with Gasteiger partial charge in [0.25, 0.3) is 5.91 Å². The predicted molar refractivity (Wildman–Crippen MR) is 106 cm³/mol. The molecule has 8 nitrogen and oxygen atoms in total. The van der Waals surface area contributed by atoms with Crippen LogP contribution in [0.2, 0.25) is 0 Å². The molecule has 10 heteroatoms. The second kappa shape index (κ2) is 9.40. The van der Waals surface area contributed by atoms with Crippen LogP contribution in [0.4, 0.5) is 4.39 Å². The Kier molecular flexibility index (Phi) is 7.10. The standard InChI is InChI=1S/C20H27FN2O6S/c1-14-4-3-5-15(2)23(14)19(24)13-29-20(25)17-12-16(6-7-18(17)21)30(26,27)22-8-10-28-11-9-22/h6-7,12,14-15H,3-5,8-11,13H2,1-2H3/t14-,15-/m1/s1. The van der Waals surface area contributed by atoms with Gasteiger partial charge in [0, 0.05) is 25.2 Å². The lowest BCUT2D eigenvalue weighted by molar-refractivity contribution is -0.140. The summed E-state index contributed by atoms with van der Waals surface area (Å²) in [5.74, 6) is -2.33. The number of carbonyl (C=O) groups excluding carboxylic acids is 2. The lowest BCUT2D eigenvalue weighted by Crippen LogP contribution is -2.49. The highest BCUT2D eigenvalue weighted by molar-refractivity contribution is 7.89. The number of halogens is 1. The van der Waals surface area contributed by atoms with E-state index in [2.05, 4.69) is 0 Å². The van der Waals surface area contributed by atoms with E-state index in [1.54, 1.807) is 4.90 Å². The molecule has 0 saturated carbocycles. The van der Waals surface area contributed by atoms with Crippen molar-refractivity contribution < 1.29 is 31.9 Å². The van der Waals surface area contributed by atoms with Crippen molar-refractivity contribution in [1.29, 1.82) is 0 Å². The number of nitrogens with zero attached hydrogens (tertiary/aromatic N) is 2. The van der Waals surface area contributed by atoms with Crippen LogP contribution in [0, 0.1) is 5.82 Å². The predicted octanol–water partition coefficient (Wildman–Crippen LogP) is 1.79. The van der Waals surface area contributed by atoms with Crippen molar-refractivity contribution in [2.75, 3.05) is 32.9 Å². The van der Waals surface area contributed by atoms with Gasteiger partial charge in [0.05, 0.1) is 23.7 Å². The fraction of sp³-hybridized carbons (Fsp3) is 0.600. The third-order valence-corrected chi connectivity index (χ3v) is 7.47. The van der Waals surface area contributed by atoms with Crippen molar-refractivity contribution in [3.63, 3.8) is 0 Å². The van der Waals surface area contributed by atoms with Crippen LogP contribution >= 0.6 is 0 Å². The number of rotatable bonds is 5. The first-order chi connectivity index (χ1) is 14.2. The first-order valence-electron chi connectivity index (χ1n) is 10.1. The summed E-state index contributed by atoms with van der Waals surface area (Å²) < 4.78 is 51.1. The van der Waals surface area contributed by atoms with Crippen LogP contribution in [0.25, 0.3) is 0 Å². The molecule has 0 spiro atoms. The maximum absolute atomic E-state index is 14.2. The van der Waals surface area contributed by atoms with Gasteiger partial charge in [0.1, 0.15) is 5.82 Å². The lowest BCUT2D eigenvalue weighted by Gasteiger charge is -2.38. The van der Waals surface area contributed by atoms with Gasteiger partial charge in [0.15, 0.2) is 6.61 Å². The fourth-order valence-corrected chi connectivity index (χ4v) is 5.38. The van der Waals surface area contributed by atoms with Gasteiger partial charge in [-0.3, -0.25) is 4.79 Å². The maximum Gasteiger partial charge on any atom is 0.341 e. The molecule has 166 valence electrons. The summed E-state index contributed by atoms with van der Waals surface area (Å²) in [7, 11) is -3.89. The molecule has 30 heavy (non-hydrogen) atoms. The number of morpholine rings is 1. The summed E-state index contributed by atoms with van der Waals surface area (Å²) in [6.45, 7) is 4.26. The summed E-state index contributed by atoms with van der Waals surface area (Å²) in [6.07, 6.45) is 2.78. The summed E-state index contributed by atoms with van der Waals surface area (Å²) in [5, 5.41) is 0. The molecule has 2 aliphatic heterocycles. The second-order valence-corrected chi connectivity index (χ2v) is 9.60.